The molecule has 0 N–H and O–H groups in total. The molecule has 3 aliphatic heterocycles. The van der Waals surface area contributed by atoms with Gasteiger partial charge in [0.15, 0.2) is 5.60 Å². The van der Waals surface area contributed by atoms with Gasteiger partial charge in [-0.3, -0.25) is 14.5 Å². The first kappa shape index (κ1) is 19.6. The summed E-state index contributed by atoms with van der Waals surface area (Å²) < 4.78 is 6.21. The number of carbonyl (C=O) groups is 2. The first-order chi connectivity index (χ1) is 14.4. The molecule has 3 aliphatic rings. The molecule has 6 heteroatoms. The number of halogens is 1. The van der Waals surface area contributed by atoms with E-state index >= 15 is 0 Å². The Labute approximate surface area is 181 Å². The second kappa shape index (κ2) is 7.40. The zero-order valence-electron chi connectivity index (χ0n) is 17.1. The van der Waals surface area contributed by atoms with Crippen LogP contribution in [0.25, 0.3) is 0 Å². The summed E-state index contributed by atoms with van der Waals surface area (Å²) in [4.78, 5) is 30.2. The Hall–Kier alpha value is -2.37. The number of aryl methyl sites for hydroxylation is 1. The molecule has 1 amide bonds. The first-order valence-electron chi connectivity index (χ1n) is 10.6. The summed E-state index contributed by atoms with van der Waals surface area (Å²) >= 11 is 5.93. The highest BCUT2D eigenvalue weighted by atomic mass is 35.5. The van der Waals surface area contributed by atoms with Gasteiger partial charge in [-0.2, -0.15) is 0 Å². The summed E-state index contributed by atoms with van der Waals surface area (Å²) in [6, 6.07) is 13.2. The molecule has 2 fully saturated rings. The summed E-state index contributed by atoms with van der Waals surface area (Å²) in [6.45, 7) is 5.12. The Morgan fingerprint density at radius 2 is 1.83 bits per heavy atom. The van der Waals surface area contributed by atoms with E-state index in [9.17, 15) is 9.59 Å². The van der Waals surface area contributed by atoms with E-state index in [-0.39, 0.29) is 11.7 Å². The minimum atomic E-state index is -0.704. The Morgan fingerprint density at radius 3 is 2.57 bits per heavy atom. The van der Waals surface area contributed by atoms with Gasteiger partial charge in [-0.15, -0.1) is 0 Å². The van der Waals surface area contributed by atoms with E-state index in [0.717, 1.165) is 49.5 Å². The number of ketones is 1. The number of amides is 1. The smallest absolute Gasteiger partial charge is 0.253 e. The number of rotatable bonds is 2. The lowest BCUT2D eigenvalue weighted by Gasteiger charge is -2.40. The number of fused-ring (bicyclic) bond motifs is 1. The van der Waals surface area contributed by atoms with Crippen LogP contribution in [-0.4, -0.2) is 59.3 Å². The van der Waals surface area contributed by atoms with Crippen molar-refractivity contribution in [1.82, 2.24) is 9.80 Å². The Morgan fingerprint density at radius 1 is 1.10 bits per heavy atom. The minimum absolute atomic E-state index is 0.0581. The zero-order valence-corrected chi connectivity index (χ0v) is 17.8. The number of Topliss-reactive ketones (excluding diaryl/α,β-unsaturated/α-hetero) is 1. The third-order valence-corrected chi connectivity index (χ3v) is 7.02. The maximum atomic E-state index is 13.0. The molecule has 1 spiro atoms. The van der Waals surface area contributed by atoms with Gasteiger partial charge in [0.1, 0.15) is 5.75 Å². The fourth-order valence-corrected chi connectivity index (χ4v) is 5.11. The first-order valence-corrected chi connectivity index (χ1v) is 11.0. The quantitative estimate of drug-likeness (QED) is 0.731. The molecule has 0 bridgehead atoms. The van der Waals surface area contributed by atoms with Gasteiger partial charge >= 0.3 is 0 Å². The molecule has 0 aliphatic carbocycles. The second-order valence-electron chi connectivity index (χ2n) is 8.66. The van der Waals surface area contributed by atoms with Crippen LogP contribution in [0.1, 0.15) is 45.5 Å². The average Bonchev–Trinajstić information content (AvgIpc) is 3.33. The lowest BCUT2D eigenvalue weighted by atomic mass is 9.85. The van der Waals surface area contributed by atoms with Gasteiger partial charge in [0.25, 0.3) is 5.91 Å². The van der Waals surface area contributed by atoms with E-state index in [1.165, 1.54) is 0 Å². The maximum absolute atomic E-state index is 13.0. The van der Waals surface area contributed by atoms with Gasteiger partial charge in [0.2, 0.25) is 5.78 Å². The van der Waals surface area contributed by atoms with Crippen molar-refractivity contribution < 1.29 is 14.3 Å². The predicted octanol–water partition coefficient (Wildman–Crippen LogP) is 3.97. The van der Waals surface area contributed by atoms with Crippen molar-refractivity contribution in [1.29, 1.82) is 0 Å². The SMILES string of the molecule is Cc1ccc2c(c1)OC1(CCN(C3CCN(C(=O)c4ccc(Cl)cc4)C3)CC1)C2=O. The van der Waals surface area contributed by atoms with E-state index in [1.807, 2.05) is 30.0 Å². The van der Waals surface area contributed by atoms with Crippen molar-refractivity contribution >= 4 is 23.3 Å². The van der Waals surface area contributed by atoms with Crippen LogP contribution in [0, 0.1) is 6.92 Å². The fourth-order valence-electron chi connectivity index (χ4n) is 4.98. The van der Waals surface area contributed by atoms with Crippen molar-refractivity contribution in [3.8, 4) is 5.75 Å². The molecule has 0 saturated carbocycles. The van der Waals surface area contributed by atoms with Crippen molar-refractivity contribution in [3.05, 3.63) is 64.2 Å². The molecule has 2 aromatic rings. The molecule has 1 unspecified atom stereocenters. The van der Waals surface area contributed by atoms with Crippen LogP contribution in [0.4, 0.5) is 0 Å². The Balaban J connectivity index is 1.21. The van der Waals surface area contributed by atoms with Crippen molar-refractivity contribution in [2.24, 2.45) is 0 Å². The molecule has 0 radical (unpaired) electrons. The van der Waals surface area contributed by atoms with E-state index in [1.54, 1.807) is 24.3 Å². The van der Waals surface area contributed by atoms with Gasteiger partial charge in [0, 0.05) is 55.6 Å². The van der Waals surface area contributed by atoms with Crippen LogP contribution in [0.15, 0.2) is 42.5 Å². The van der Waals surface area contributed by atoms with Crippen LogP contribution < -0.4 is 4.74 Å². The van der Waals surface area contributed by atoms with Gasteiger partial charge in [-0.1, -0.05) is 17.7 Å². The molecule has 5 rings (SSSR count). The maximum Gasteiger partial charge on any atom is 0.253 e. The normalized spacial score (nSPS) is 22.9. The Kier molecular flexibility index (Phi) is 4.83. The molecule has 30 heavy (non-hydrogen) atoms. The lowest BCUT2D eigenvalue weighted by molar-refractivity contribution is 0.0115. The monoisotopic (exact) mass is 424 g/mol. The van der Waals surface area contributed by atoms with Crippen LogP contribution in [0.2, 0.25) is 5.02 Å². The highest BCUT2D eigenvalue weighted by molar-refractivity contribution is 6.30. The number of ether oxygens (including phenoxy) is 1. The molecule has 2 saturated heterocycles. The van der Waals surface area contributed by atoms with Crippen LogP contribution >= 0.6 is 11.6 Å². The van der Waals surface area contributed by atoms with E-state index in [0.29, 0.717) is 29.5 Å². The second-order valence-corrected chi connectivity index (χ2v) is 9.10. The predicted molar refractivity (Wildman–Crippen MR) is 115 cm³/mol. The fraction of sp³-hybridized carbons (Fsp3) is 0.417. The van der Waals surface area contributed by atoms with Crippen molar-refractivity contribution in [2.75, 3.05) is 26.2 Å². The van der Waals surface area contributed by atoms with E-state index in [4.69, 9.17) is 16.3 Å². The lowest BCUT2D eigenvalue weighted by Crippen LogP contribution is -2.53. The molecular weight excluding hydrogens is 400 g/mol. The number of piperidine rings is 1. The topological polar surface area (TPSA) is 49.9 Å². The summed E-state index contributed by atoms with van der Waals surface area (Å²) in [6.07, 6.45) is 2.35. The van der Waals surface area contributed by atoms with Gasteiger partial charge < -0.3 is 9.64 Å². The van der Waals surface area contributed by atoms with Crippen molar-refractivity contribution in [2.45, 2.75) is 37.8 Å². The van der Waals surface area contributed by atoms with Gasteiger partial charge in [-0.25, -0.2) is 0 Å². The summed E-state index contributed by atoms with van der Waals surface area (Å²) in [7, 11) is 0. The van der Waals surface area contributed by atoms with Crippen LogP contribution in [0.3, 0.4) is 0 Å². The van der Waals surface area contributed by atoms with Crippen LogP contribution in [-0.2, 0) is 0 Å². The molecule has 0 aromatic heterocycles. The third kappa shape index (κ3) is 3.30. The number of hydrogen-bond donors (Lipinski definition) is 0. The molecule has 156 valence electrons. The van der Waals surface area contributed by atoms with E-state index < -0.39 is 5.60 Å². The zero-order chi connectivity index (χ0) is 20.9. The van der Waals surface area contributed by atoms with Gasteiger partial charge in [0.05, 0.1) is 5.56 Å². The average molecular weight is 425 g/mol. The van der Waals surface area contributed by atoms with Crippen molar-refractivity contribution in [3.63, 3.8) is 0 Å². The molecule has 5 nitrogen and oxygen atoms in total. The molecule has 2 aromatic carbocycles. The van der Waals surface area contributed by atoms with Crippen LogP contribution in [0.5, 0.6) is 5.75 Å². The Bertz CT molecular complexity index is 996. The highest BCUT2D eigenvalue weighted by Gasteiger charge is 2.50. The highest BCUT2D eigenvalue weighted by Crippen LogP contribution is 2.42. The van der Waals surface area contributed by atoms with E-state index in [2.05, 4.69) is 4.90 Å². The molecule has 1 atom stereocenters. The number of benzene rings is 2. The van der Waals surface area contributed by atoms with Gasteiger partial charge in [-0.05, 0) is 55.3 Å². The number of hydrogen-bond acceptors (Lipinski definition) is 4. The number of nitrogens with zero attached hydrogens (tertiary/aromatic N) is 2. The summed E-state index contributed by atoms with van der Waals surface area (Å²) in [5, 5.41) is 0.633. The number of likely N-dealkylation sites (tertiary alicyclic amines) is 2. The largest absolute Gasteiger partial charge is 0.478 e. The third-order valence-electron chi connectivity index (χ3n) is 6.76. The number of carbonyl (C=O) groups excluding carboxylic acids is 2. The standard InChI is InChI=1S/C24H25ClN2O3/c1-16-2-7-20-21(14-16)30-24(22(20)28)9-12-26(13-10-24)19-8-11-27(15-19)23(29)17-3-5-18(25)6-4-17/h2-7,14,19H,8-13,15H2,1H3. The summed E-state index contributed by atoms with van der Waals surface area (Å²) in [5.41, 5.74) is 1.79. The molecule has 3 heterocycles. The summed E-state index contributed by atoms with van der Waals surface area (Å²) in [5.74, 6) is 0.917. The molecular formula is C24H25ClN2O3. The minimum Gasteiger partial charge on any atom is -0.478 e.